The van der Waals surface area contributed by atoms with Gasteiger partial charge in [-0.2, -0.15) is 0 Å². The van der Waals surface area contributed by atoms with Crippen LogP contribution in [0.4, 0.5) is 9.18 Å². The lowest BCUT2D eigenvalue weighted by atomic mass is 10.2. The van der Waals surface area contributed by atoms with Crippen molar-refractivity contribution in [2.75, 3.05) is 14.2 Å². The van der Waals surface area contributed by atoms with Gasteiger partial charge in [-0.05, 0) is 25.1 Å². The molecule has 0 amide bonds. The molecule has 5 rings (SSSR count). The fourth-order valence-corrected chi connectivity index (χ4v) is 5.73. The van der Waals surface area contributed by atoms with Crippen molar-refractivity contribution in [2.45, 2.75) is 11.8 Å². The predicted octanol–water partition coefficient (Wildman–Crippen LogP) is 4.93. The highest BCUT2D eigenvalue weighted by Crippen LogP contribution is 2.40. The van der Waals surface area contributed by atoms with E-state index in [0.717, 1.165) is 20.3 Å². The van der Waals surface area contributed by atoms with Crippen molar-refractivity contribution < 1.29 is 32.2 Å². The Morgan fingerprint density at radius 2 is 1.84 bits per heavy atom. The molecule has 190 valence electrons. The maximum Gasteiger partial charge on any atom is 0.416 e. The number of halogens is 2. The molecule has 0 radical (unpaired) electrons. The number of ether oxygens (including phenoxy) is 2. The van der Waals surface area contributed by atoms with E-state index in [1.165, 1.54) is 44.7 Å². The first kappa shape index (κ1) is 24.5. The van der Waals surface area contributed by atoms with Gasteiger partial charge in [0.25, 0.3) is 15.9 Å². The number of pyridine rings is 2. The minimum atomic E-state index is -4.32. The van der Waals surface area contributed by atoms with Crippen LogP contribution in [0.25, 0.3) is 33.3 Å². The summed E-state index contributed by atoms with van der Waals surface area (Å²) in [6, 6.07) is 8.86. The number of benzene rings is 1. The Morgan fingerprint density at radius 1 is 1.14 bits per heavy atom. The third kappa shape index (κ3) is 3.76. The lowest BCUT2D eigenvalue weighted by molar-refractivity contribution is 0.197. The molecule has 0 bridgehead atoms. The fraction of sp³-hybridized carbons (Fsp3) is 0.125. The first-order chi connectivity index (χ1) is 17.6. The van der Waals surface area contributed by atoms with Gasteiger partial charge in [-0.15, -0.1) is 0 Å². The van der Waals surface area contributed by atoms with Crippen molar-refractivity contribution in [3.8, 4) is 22.9 Å². The Kier molecular flexibility index (Phi) is 5.80. The van der Waals surface area contributed by atoms with Gasteiger partial charge < -0.3 is 14.6 Å². The van der Waals surface area contributed by atoms with Crippen molar-refractivity contribution in [3.05, 3.63) is 65.2 Å². The molecular weight excluding hydrogens is 527 g/mol. The molecule has 13 heteroatoms. The van der Waals surface area contributed by atoms with E-state index in [1.807, 2.05) is 6.92 Å². The molecule has 0 aliphatic heterocycles. The quantitative estimate of drug-likeness (QED) is 0.330. The van der Waals surface area contributed by atoms with Crippen LogP contribution in [0.2, 0.25) is 5.02 Å². The molecule has 4 aromatic heterocycles. The van der Waals surface area contributed by atoms with Crippen LogP contribution in [0.3, 0.4) is 0 Å². The monoisotopic (exact) mass is 544 g/mol. The van der Waals surface area contributed by atoms with Crippen LogP contribution in [-0.4, -0.2) is 52.3 Å². The van der Waals surface area contributed by atoms with E-state index in [-0.39, 0.29) is 54.9 Å². The molecule has 0 aliphatic carbocycles. The number of nitrogens with zero attached hydrogens (tertiary/aromatic N) is 4. The van der Waals surface area contributed by atoms with Gasteiger partial charge in [0.15, 0.2) is 17.2 Å². The number of methoxy groups -OCH3 is 2. The first-order valence-corrected chi connectivity index (χ1v) is 12.5. The second-order valence-electron chi connectivity index (χ2n) is 8.03. The normalized spacial score (nSPS) is 11.8. The second kappa shape index (κ2) is 8.75. The van der Waals surface area contributed by atoms with Gasteiger partial charge in [-0.1, -0.05) is 29.3 Å². The number of aryl methyl sites for hydroxylation is 1. The number of carboxylic acid groups (broad SMARTS) is 1. The summed E-state index contributed by atoms with van der Waals surface area (Å²) in [6.07, 6.45) is 0.678. The second-order valence-corrected chi connectivity index (χ2v) is 10.2. The molecule has 0 saturated heterocycles. The molecule has 10 nitrogen and oxygen atoms in total. The molecule has 0 saturated carbocycles. The highest BCUT2D eigenvalue weighted by Gasteiger charge is 2.30. The molecule has 37 heavy (non-hydrogen) atoms. The maximum absolute atomic E-state index is 14.3. The van der Waals surface area contributed by atoms with Crippen LogP contribution < -0.4 is 9.47 Å². The fourth-order valence-electron chi connectivity index (χ4n) is 4.06. The smallest absolute Gasteiger partial charge is 0.416 e. The molecule has 0 spiro atoms. The number of carbonyl (C=O) groups is 1. The summed E-state index contributed by atoms with van der Waals surface area (Å²) in [5, 5.41) is 9.52. The summed E-state index contributed by atoms with van der Waals surface area (Å²) in [7, 11) is -1.60. The van der Waals surface area contributed by atoms with Crippen LogP contribution in [0.1, 0.15) is 5.56 Å². The summed E-state index contributed by atoms with van der Waals surface area (Å²) in [5.74, 6) is -0.629. The van der Waals surface area contributed by atoms with E-state index in [4.69, 9.17) is 21.1 Å². The van der Waals surface area contributed by atoms with Crippen LogP contribution in [0.5, 0.6) is 11.6 Å². The summed E-state index contributed by atoms with van der Waals surface area (Å²) < 4.78 is 54.4. The average Bonchev–Trinajstić information content (AvgIpc) is 3.44. The highest BCUT2D eigenvalue weighted by atomic mass is 35.5. The van der Waals surface area contributed by atoms with Gasteiger partial charge in [0.1, 0.15) is 5.52 Å². The zero-order valence-corrected chi connectivity index (χ0v) is 21.1. The maximum atomic E-state index is 14.3. The summed E-state index contributed by atoms with van der Waals surface area (Å²) in [4.78, 5) is 20.4. The molecule has 0 aliphatic rings. The Bertz CT molecular complexity index is 1830. The van der Waals surface area contributed by atoms with Gasteiger partial charge in [0, 0.05) is 23.2 Å². The topological polar surface area (TPSA) is 126 Å². The average molecular weight is 545 g/mol. The molecule has 0 fully saturated rings. The SMILES string of the molecule is COc1cc2c(nc1OC)c(-c1cc3c(Cl)c(F)cnc3n1S(=O)(=O)c1ccc(C)cc1)cn2C(=O)O. The summed E-state index contributed by atoms with van der Waals surface area (Å²) in [5.41, 5.74) is 0.978. The first-order valence-electron chi connectivity index (χ1n) is 10.6. The van der Waals surface area contributed by atoms with E-state index in [9.17, 15) is 22.7 Å². The van der Waals surface area contributed by atoms with Gasteiger partial charge in [-0.25, -0.2) is 31.5 Å². The van der Waals surface area contributed by atoms with E-state index in [1.54, 1.807) is 12.1 Å². The van der Waals surface area contributed by atoms with E-state index in [0.29, 0.717) is 0 Å². The number of rotatable bonds is 5. The van der Waals surface area contributed by atoms with Crippen LogP contribution in [0, 0.1) is 12.7 Å². The zero-order chi connectivity index (χ0) is 26.6. The summed E-state index contributed by atoms with van der Waals surface area (Å²) in [6.45, 7) is 1.81. The van der Waals surface area contributed by atoms with Crippen LogP contribution in [0.15, 0.2) is 53.7 Å². The molecule has 1 aromatic carbocycles. The van der Waals surface area contributed by atoms with Gasteiger partial charge in [0.2, 0.25) is 0 Å². The minimum absolute atomic E-state index is 0.0176. The lowest BCUT2D eigenvalue weighted by Crippen LogP contribution is -2.15. The number of hydrogen-bond donors (Lipinski definition) is 1. The standard InChI is InChI=1S/C24H18ClFN4O6S/c1-12-4-6-13(7-5-12)37(33,34)30-17(8-14-20(25)16(26)10-27-22(14)30)15-11-29(24(31)32)18-9-19(35-2)23(36-3)28-21(15)18/h4-11H,1-3H3,(H,31,32). The van der Waals surface area contributed by atoms with Gasteiger partial charge in [0.05, 0.1) is 41.5 Å². The molecule has 1 N–H and O–H groups in total. The number of fused-ring (bicyclic) bond motifs is 2. The Balaban J connectivity index is 1.93. The van der Waals surface area contributed by atoms with Crippen molar-refractivity contribution in [2.24, 2.45) is 0 Å². The highest BCUT2D eigenvalue weighted by molar-refractivity contribution is 7.90. The van der Waals surface area contributed by atoms with Crippen LogP contribution >= 0.6 is 11.6 Å². The number of hydrogen-bond acceptors (Lipinski definition) is 7. The van der Waals surface area contributed by atoms with Crippen molar-refractivity contribution in [1.29, 1.82) is 0 Å². The largest absolute Gasteiger partial charge is 0.491 e. The van der Waals surface area contributed by atoms with Crippen molar-refractivity contribution in [1.82, 2.24) is 18.5 Å². The molecule has 5 aromatic rings. The summed E-state index contributed by atoms with van der Waals surface area (Å²) >= 11 is 6.20. The van der Waals surface area contributed by atoms with Crippen molar-refractivity contribution in [3.63, 3.8) is 0 Å². The third-order valence-electron chi connectivity index (χ3n) is 5.84. The molecule has 4 heterocycles. The van der Waals surface area contributed by atoms with E-state index in [2.05, 4.69) is 9.97 Å². The lowest BCUT2D eigenvalue weighted by Gasteiger charge is -2.12. The Morgan fingerprint density at radius 3 is 2.46 bits per heavy atom. The van der Waals surface area contributed by atoms with Gasteiger partial charge in [-0.3, -0.25) is 4.57 Å². The minimum Gasteiger partial charge on any atom is -0.491 e. The third-order valence-corrected chi connectivity index (χ3v) is 7.94. The number of aromatic nitrogens is 4. The zero-order valence-electron chi connectivity index (χ0n) is 19.6. The van der Waals surface area contributed by atoms with E-state index >= 15 is 0 Å². The molecule has 0 unspecified atom stereocenters. The molecule has 0 atom stereocenters. The molecular formula is C24H18ClFN4O6S. The van der Waals surface area contributed by atoms with Gasteiger partial charge >= 0.3 is 6.09 Å². The Labute approximate surface area is 214 Å². The predicted molar refractivity (Wildman–Crippen MR) is 134 cm³/mol. The van der Waals surface area contributed by atoms with Crippen LogP contribution in [-0.2, 0) is 10.0 Å². The Hall–Kier alpha value is -4.16. The van der Waals surface area contributed by atoms with Crippen molar-refractivity contribution >= 4 is 49.8 Å². The van der Waals surface area contributed by atoms with E-state index < -0.39 is 21.9 Å².